The Bertz CT molecular complexity index is 4480. The maximum atomic E-state index is 13.9. The van der Waals surface area contributed by atoms with Gasteiger partial charge in [0.2, 0.25) is 0 Å². The Morgan fingerprint density at radius 2 is 0.596 bits per heavy atom. The number of nitrogens with zero attached hydrogens (tertiary/aromatic N) is 1. The number of carbonyl (C=O) groups excluding carboxylic acids is 1. The van der Waals surface area contributed by atoms with Crippen molar-refractivity contribution in [1.29, 1.82) is 0 Å². The van der Waals surface area contributed by atoms with Crippen LogP contribution in [0.4, 0.5) is 108 Å². The van der Waals surface area contributed by atoms with E-state index in [0.29, 0.717) is 45.5 Å². The molecule has 4 aromatic rings. The molecule has 0 fully saturated rings. The minimum atomic E-state index is -7.96. The molecule has 0 unspecified atom stereocenters. The fourth-order valence-corrected chi connectivity index (χ4v) is 10.3. The standard InChI is InChI=1S/C12H7F9NO7S3.C11H7F7O5S2.C10H10O2.C8H8O.C3F8O4S2.CH3O.FH2NO2S.2Na/c1-2-7-3-5-8(6-4-7)29-32(27,28)11(17,18)9(13,14)10(15,16)30(23,24)22-31(25,26)12(19,20)21;1-2-7-3-5-8(6-4-7)23-25(21,22)11(16,17)9(12,13)10(14,15)24(18,19)20;1-3-9-4-6-10(7-5-9)12-8(2)11;1-2-7-3-5-8(9)6-4-7;4-1(5,2(6,7)16(10,12)13)3(8,9)17(11,14)15;1-2;1-5(2,3)4;;/h2-6H,1H2;2-6H,1H2;3-7H,1H2,2H3;2-6,9H,1H2;;1H3;(H2,2,3,4);;/q-1;;;;;-1;;2*+1. The summed E-state index contributed by atoms with van der Waals surface area (Å²) in [5, 5.41) is -22.0. The fraction of sp³-hybridized carbons (Fsp3) is 0.267. The average molecular weight is 1740 g/mol. The number of esters is 1. The molecular formula is C45H37F25N2Na2O22S8. The number of benzene rings is 4. The van der Waals surface area contributed by atoms with Crippen molar-refractivity contribution in [3.63, 3.8) is 0 Å². The van der Waals surface area contributed by atoms with Gasteiger partial charge in [-0.05, 0) is 70.8 Å². The monoisotopic (exact) mass is 1730 g/mol. The normalized spacial score (nSPS) is 13.0. The number of phenols is 1. The molecule has 0 atom stereocenters. The van der Waals surface area contributed by atoms with Crippen LogP contribution in [-0.2, 0) is 86.2 Å². The van der Waals surface area contributed by atoms with Gasteiger partial charge in [-0.3, -0.25) is 4.79 Å². The van der Waals surface area contributed by atoms with Crippen LogP contribution in [0.1, 0.15) is 29.2 Å². The van der Waals surface area contributed by atoms with E-state index in [2.05, 4.69) is 39.8 Å². The van der Waals surface area contributed by atoms with Crippen LogP contribution in [-0.4, -0.2) is 140 Å². The molecule has 0 spiro atoms. The zero-order valence-electron chi connectivity index (χ0n) is 50.6. The second-order valence-electron chi connectivity index (χ2n) is 16.9. The first-order chi connectivity index (χ1) is 45.0. The molecule has 104 heavy (non-hydrogen) atoms. The first-order valence-corrected chi connectivity index (χ1v) is 34.6. The third-order valence-electron chi connectivity index (χ3n) is 9.70. The second kappa shape index (κ2) is 38.5. The average Bonchev–Trinajstić information content (AvgIpc) is 0.731. The molecule has 0 saturated carbocycles. The Hall–Kier alpha value is -5.56. The molecule has 0 amide bonds. The number of phenolic OH excluding ortho intramolecular Hbond substituents is 1. The van der Waals surface area contributed by atoms with Gasteiger partial charge in [0.15, 0.2) is 20.0 Å². The van der Waals surface area contributed by atoms with Gasteiger partial charge >= 0.3 is 181 Å². The minimum Gasteiger partial charge on any atom is -0.857 e. The Balaban J connectivity index is -0.000000403. The number of alkyl halides is 21. The van der Waals surface area contributed by atoms with Crippen molar-refractivity contribution in [3.8, 4) is 23.0 Å². The van der Waals surface area contributed by atoms with Crippen molar-refractivity contribution in [2.24, 2.45) is 5.14 Å². The summed E-state index contributed by atoms with van der Waals surface area (Å²) in [5.41, 5.74) is -4.13. The molecule has 4 rings (SSSR count). The molecule has 59 heteroatoms. The molecule has 0 aromatic heterocycles. The van der Waals surface area contributed by atoms with Crippen LogP contribution in [0.3, 0.4) is 0 Å². The quantitative estimate of drug-likeness (QED) is 0.0259. The van der Waals surface area contributed by atoms with Gasteiger partial charge in [-0.15, -0.1) is 0 Å². The van der Waals surface area contributed by atoms with E-state index in [4.69, 9.17) is 23.4 Å². The zero-order chi connectivity index (χ0) is 82.2. The van der Waals surface area contributed by atoms with E-state index >= 15 is 0 Å². The summed E-state index contributed by atoms with van der Waals surface area (Å²) in [6, 6.07) is 20.6. The van der Waals surface area contributed by atoms with Gasteiger partial charge in [-0.25, -0.2) is 22.0 Å². The Kier molecular flexibility index (Phi) is 39.6. The van der Waals surface area contributed by atoms with E-state index in [-0.39, 0.29) is 70.6 Å². The van der Waals surface area contributed by atoms with Crippen LogP contribution in [0.25, 0.3) is 28.4 Å². The summed E-state index contributed by atoms with van der Waals surface area (Å²) in [6.07, 6.45) is 5.84. The van der Waals surface area contributed by atoms with Crippen molar-refractivity contribution in [2.45, 2.75) is 61.7 Å². The van der Waals surface area contributed by atoms with E-state index in [9.17, 15) is 171 Å². The maximum absolute atomic E-state index is 13.9. The summed E-state index contributed by atoms with van der Waals surface area (Å²) in [7, 11) is -56.1. The smallest absolute Gasteiger partial charge is 0.857 e. The second-order valence-corrected chi connectivity index (χ2v) is 28.6. The summed E-state index contributed by atoms with van der Waals surface area (Å²) >= 11 is 0. The van der Waals surface area contributed by atoms with E-state index in [1.807, 2.05) is 24.3 Å². The molecule has 0 aliphatic carbocycles. The van der Waals surface area contributed by atoms with Crippen LogP contribution >= 0.6 is 0 Å². The van der Waals surface area contributed by atoms with E-state index in [1.165, 1.54) is 13.0 Å². The number of ether oxygens (including phenoxy) is 1. The molecule has 24 nitrogen and oxygen atoms in total. The first kappa shape index (κ1) is 107. The van der Waals surface area contributed by atoms with Crippen molar-refractivity contribution in [1.82, 2.24) is 0 Å². The largest absolute Gasteiger partial charge is 1.00 e. The van der Waals surface area contributed by atoms with Gasteiger partial charge < -0.3 is 27.4 Å². The topological polar surface area (TPSA) is 401 Å². The van der Waals surface area contributed by atoms with E-state index < -0.39 is 148 Å². The van der Waals surface area contributed by atoms with Crippen LogP contribution in [0.2, 0.25) is 0 Å². The van der Waals surface area contributed by atoms with Gasteiger partial charge in [-0.2, -0.15) is 150 Å². The van der Waals surface area contributed by atoms with Crippen molar-refractivity contribution < 1.29 is 262 Å². The molecule has 4 aromatic carbocycles. The van der Waals surface area contributed by atoms with Crippen molar-refractivity contribution in [3.05, 3.63) is 150 Å². The summed E-state index contributed by atoms with van der Waals surface area (Å²) in [6.45, 7) is 15.1. The number of nitrogens with two attached hydrogens (primary N) is 1. The minimum absolute atomic E-state index is 0. The Labute approximate surface area is 615 Å². The van der Waals surface area contributed by atoms with Crippen molar-refractivity contribution in [2.75, 3.05) is 7.11 Å². The number of aromatic hydroxyl groups is 1. The number of hydrogen-bond donors (Lipinski definition) is 2. The van der Waals surface area contributed by atoms with Crippen LogP contribution in [0, 0.1) is 0 Å². The van der Waals surface area contributed by atoms with E-state index in [1.54, 1.807) is 36.4 Å². The molecule has 584 valence electrons. The summed E-state index contributed by atoms with van der Waals surface area (Å²) in [5.74, 6) is -23.7. The molecular weight excluding hydrogens is 1700 g/mol. The number of carbonyl (C=O) groups is 1. The van der Waals surface area contributed by atoms with Crippen LogP contribution in [0.5, 0.6) is 23.0 Å². The third kappa shape index (κ3) is 27.3. The van der Waals surface area contributed by atoms with Gasteiger partial charge in [0.05, 0.1) is 0 Å². The Morgan fingerprint density at radius 1 is 0.394 bits per heavy atom. The number of rotatable bonds is 23. The predicted molar refractivity (Wildman–Crippen MR) is 300 cm³/mol. The number of halogens is 25. The molecule has 0 heterocycles. The van der Waals surface area contributed by atoms with E-state index in [0.717, 1.165) is 48.6 Å². The summed E-state index contributed by atoms with van der Waals surface area (Å²) < 4.78 is 494. The van der Waals surface area contributed by atoms with Gasteiger partial charge in [-0.1, -0.05) is 115 Å². The van der Waals surface area contributed by atoms with Crippen molar-refractivity contribution >= 4 is 112 Å². The third-order valence-corrected chi connectivity index (χ3v) is 18.0. The Morgan fingerprint density at radius 3 is 0.798 bits per heavy atom. The molecule has 0 aliphatic rings. The molecule has 0 aliphatic heterocycles. The molecule has 0 saturated heterocycles. The van der Waals surface area contributed by atoms with Gasteiger partial charge in [0.1, 0.15) is 23.0 Å². The number of hydrogen-bond acceptors (Lipinski definition) is 22. The molecule has 3 N–H and O–H groups in total. The van der Waals surface area contributed by atoms with Crippen LogP contribution < -0.4 is 82.5 Å². The summed E-state index contributed by atoms with van der Waals surface area (Å²) in [4.78, 5) is 10.5. The fourth-order valence-electron chi connectivity index (χ4n) is 4.79. The number of sulfonamides is 2. The molecule has 0 radical (unpaired) electrons. The SMILES string of the molecule is C=Cc1ccc(O)cc1.C=Cc1ccc(OC(C)=O)cc1.C=Cc1ccc(OS(=O)(=O)C(F)(F)C(F)(F)C(F)(F)S(=O)(=O)F)cc1.C=Cc1ccc(OS(=O)(=O)C(F)(F)C(F)(F)C(F)(F)S(=O)(=O)[N-]S(=O)(=O)C(F)(F)F)cc1.C[O-].NS(=O)(=O)F.O=S(=O)(F)C(F)(F)C(F)(F)C(F)(F)S(=O)(=O)F.[Na+].[Na+]. The first-order valence-electron chi connectivity index (χ1n) is 23.3. The van der Waals surface area contributed by atoms with Gasteiger partial charge in [0, 0.05) is 6.92 Å². The van der Waals surface area contributed by atoms with Gasteiger partial charge in [0.25, 0.3) is 0 Å². The zero-order valence-corrected chi connectivity index (χ0v) is 61.2. The maximum Gasteiger partial charge on any atom is 1.00 e. The molecule has 0 bridgehead atoms. The van der Waals surface area contributed by atoms with Crippen LogP contribution in [0.15, 0.2) is 123 Å². The predicted octanol–water partition coefficient (Wildman–Crippen LogP) is 4.41.